The quantitative estimate of drug-likeness (QED) is 0.451. The molecule has 1 N–H and O–H groups in total. The molecular formula is C29H34N2O2. The van der Waals surface area contributed by atoms with E-state index in [2.05, 4.69) is 47.5 Å². The third kappa shape index (κ3) is 6.02. The molecule has 4 nitrogen and oxygen atoms in total. The molecule has 4 rings (SSSR count). The summed E-state index contributed by atoms with van der Waals surface area (Å²) in [5.41, 5.74) is 4.31. The van der Waals surface area contributed by atoms with E-state index in [1.165, 1.54) is 5.56 Å². The van der Waals surface area contributed by atoms with Crippen LogP contribution in [0.4, 0.5) is 5.69 Å². The van der Waals surface area contributed by atoms with Gasteiger partial charge in [-0.05, 0) is 74.1 Å². The Morgan fingerprint density at radius 2 is 1.73 bits per heavy atom. The molecule has 172 valence electrons. The van der Waals surface area contributed by atoms with E-state index in [4.69, 9.17) is 4.74 Å². The SMILES string of the molecule is COc1cccc(-c2ccccc2NC(=O)C2CCN(CC[C@@H](C)c3ccccc3)CC2)c1. The van der Waals surface area contributed by atoms with Crippen LogP contribution in [0.3, 0.4) is 0 Å². The van der Waals surface area contributed by atoms with Gasteiger partial charge >= 0.3 is 0 Å². The normalized spacial score (nSPS) is 15.7. The highest BCUT2D eigenvalue weighted by Crippen LogP contribution is 2.31. The van der Waals surface area contributed by atoms with Crippen LogP contribution in [0.1, 0.15) is 37.7 Å². The van der Waals surface area contributed by atoms with Crippen LogP contribution in [-0.4, -0.2) is 37.6 Å². The van der Waals surface area contributed by atoms with Crippen LogP contribution in [0.2, 0.25) is 0 Å². The van der Waals surface area contributed by atoms with Crippen LogP contribution >= 0.6 is 0 Å². The fourth-order valence-corrected chi connectivity index (χ4v) is 4.61. The summed E-state index contributed by atoms with van der Waals surface area (Å²) >= 11 is 0. The smallest absolute Gasteiger partial charge is 0.227 e. The standard InChI is InChI=1S/C29H34N2O2/c1-22(23-9-4-3-5-10-23)15-18-31-19-16-24(17-20-31)29(32)30-28-14-7-6-13-27(28)25-11-8-12-26(21-25)33-2/h3-14,21-22,24H,15-20H2,1-2H3,(H,30,32)/t22-/m1/s1. The summed E-state index contributed by atoms with van der Waals surface area (Å²) in [4.78, 5) is 15.6. The zero-order chi connectivity index (χ0) is 23.0. The van der Waals surface area contributed by atoms with Gasteiger partial charge in [0.15, 0.2) is 0 Å². The average Bonchev–Trinajstić information content (AvgIpc) is 2.88. The molecule has 1 saturated heterocycles. The molecule has 1 atom stereocenters. The maximum absolute atomic E-state index is 13.1. The zero-order valence-electron chi connectivity index (χ0n) is 19.7. The number of likely N-dealkylation sites (tertiary alicyclic amines) is 1. The van der Waals surface area contributed by atoms with Gasteiger partial charge in [-0.3, -0.25) is 4.79 Å². The van der Waals surface area contributed by atoms with Gasteiger partial charge in [0.05, 0.1) is 7.11 Å². The number of nitrogens with one attached hydrogen (secondary N) is 1. The summed E-state index contributed by atoms with van der Waals surface area (Å²) < 4.78 is 5.37. The first-order chi connectivity index (χ1) is 16.1. The molecule has 0 spiro atoms. The lowest BCUT2D eigenvalue weighted by Crippen LogP contribution is -2.38. The molecule has 3 aromatic carbocycles. The Bertz CT molecular complexity index is 1040. The molecule has 0 saturated carbocycles. The summed E-state index contributed by atoms with van der Waals surface area (Å²) in [7, 11) is 1.67. The summed E-state index contributed by atoms with van der Waals surface area (Å²) in [6, 6.07) is 26.7. The number of para-hydroxylation sites is 1. The van der Waals surface area contributed by atoms with Crippen molar-refractivity contribution < 1.29 is 9.53 Å². The number of hydrogen-bond acceptors (Lipinski definition) is 3. The maximum Gasteiger partial charge on any atom is 0.227 e. The van der Waals surface area contributed by atoms with Crippen molar-refractivity contribution in [3.05, 3.63) is 84.4 Å². The van der Waals surface area contributed by atoms with E-state index < -0.39 is 0 Å². The molecule has 0 radical (unpaired) electrons. The second-order valence-electron chi connectivity index (χ2n) is 8.98. The lowest BCUT2D eigenvalue weighted by Gasteiger charge is -2.32. The lowest BCUT2D eigenvalue weighted by atomic mass is 9.93. The molecule has 0 aromatic heterocycles. The van der Waals surface area contributed by atoms with E-state index in [0.717, 1.165) is 61.5 Å². The minimum Gasteiger partial charge on any atom is -0.497 e. The number of amides is 1. The van der Waals surface area contributed by atoms with E-state index in [1.807, 2.05) is 48.5 Å². The van der Waals surface area contributed by atoms with Crippen molar-refractivity contribution in [3.8, 4) is 16.9 Å². The van der Waals surface area contributed by atoms with Crippen LogP contribution < -0.4 is 10.1 Å². The molecular weight excluding hydrogens is 408 g/mol. The second kappa shape index (κ2) is 11.2. The predicted octanol–water partition coefficient (Wildman–Crippen LogP) is 6.21. The third-order valence-electron chi connectivity index (χ3n) is 6.77. The van der Waals surface area contributed by atoms with Gasteiger partial charge in [0.1, 0.15) is 5.75 Å². The van der Waals surface area contributed by atoms with Gasteiger partial charge in [-0.2, -0.15) is 0 Å². The van der Waals surface area contributed by atoms with E-state index in [9.17, 15) is 4.79 Å². The average molecular weight is 443 g/mol. The van der Waals surface area contributed by atoms with E-state index in [-0.39, 0.29) is 11.8 Å². The fourth-order valence-electron chi connectivity index (χ4n) is 4.61. The summed E-state index contributed by atoms with van der Waals surface area (Å²) in [5.74, 6) is 1.55. The highest BCUT2D eigenvalue weighted by molar-refractivity contribution is 5.96. The number of piperidine rings is 1. The number of ether oxygens (including phenoxy) is 1. The van der Waals surface area contributed by atoms with Crippen LogP contribution in [0, 0.1) is 5.92 Å². The number of hydrogen-bond donors (Lipinski definition) is 1. The number of nitrogens with zero attached hydrogens (tertiary/aromatic N) is 1. The molecule has 1 fully saturated rings. The minimum absolute atomic E-state index is 0.0613. The Morgan fingerprint density at radius 1 is 1.00 bits per heavy atom. The number of methoxy groups -OCH3 is 1. The minimum atomic E-state index is 0.0613. The largest absolute Gasteiger partial charge is 0.497 e. The number of carbonyl (C=O) groups is 1. The van der Waals surface area contributed by atoms with Crippen molar-refractivity contribution >= 4 is 11.6 Å². The Hall–Kier alpha value is -3.11. The predicted molar refractivity (Wildman–Crippen MR) is 136 cm³/mol. The first kappa shape index (κ1) is 23.1. The molecule has 0 aliphatic carbocycles. The van der Waals surface area contributed by atoms with Crippen molar-refractivity contribution in [1.29, 1.82) is 0 Å². The second-order valence-corrected chi connectivity index (χ2v) is 8.98. The number of carbonyl (C=O) groups excluding carboxylic acids is 1. The molecule has 33 heavy (non-hydrogen) atoms. The van der Waals surface area contributed by atoms with Gasteiger partial charge in [0, 0.05) is 17.2 Å². The zero-order valence-corrected chi connectivity index (χ0v) is 19.7. The van der Waals surface area contributed by atoms with Gasteiger partial charge in [-0.15, -0.1) is 0 Å². The topological polar surface area (TPSA) is 41.6 Å². The van der Waals surface area contributed by atoms with E-state index in [1.54, 1.807) is 7.11 Å². The maximum atomic E-state index is 13.1. The first-order valence-corrected chi connectivity index (χ1v) is 12.0. The van der Waals surface area contributed by atoms with Crippen molar-refractivity contribution in [1.82, 2.24) is 4.90 Å². The number of rotatable bonds is 8. The van der Waals surface area contributed by atoms with Crippen LogP contribution in [-0.2, 0) is 4.79 Å². The number of benzene rings is 3. The van der Waals surface area contributed by atoms with Crippen LogP contribution in [0.5, 0.6) is 5.75 Å². The fraction of sp³-hybridized carbons (Fsp3) is 0.345. The summed E-state index contributed by atoms with van der Waals surface area (Å²) in [5, 5.41) is 3.20. The third-order valence-corrected chi connectivity index (χ3v) is 6.77. The molecule has 1 aliphatic rings. The Labute approximate surface area is 197 Å². The molecule has 1 amide bonds. The van der Waals surface area contributed by atoms with Gasteiger partial charge in [0.25, 0.3) is 0 Å². The summed E-state index contributed by atoms with van der Waals surface area (Å²) in [6.07, 6.45) is 2.97. The molecule has 0 unspecified atom stereocenters. The first-order valence-electron chi connectivity index (χ1n) is 12.0. The Morgan fingerprint density at radius 3 is 2.48 bits per heavy atom. The molecule has 4 heteroatoms. The number of anilines is 1. The molecule has 1 aliphatic heterocycles. The Kier molecular flexibility index (Phi) is 7.79. The van der Waals surface area contributed by atoms with E-state index >= 15 is 0 Å². The molecule has 0 bridgehead atoms. The molecule has 3 aromatic rings. The van der Waals surface area contributed by atoms with Gasteiger partial charge < -0.3 is 15.0 Å². The van der Waals surface area contributed by atoms with Crippen molar-refractivity contribution in [2.24, 2.45) is 5.92 Å². The lowest BCUT2D eigenvalue weighted by molar-refractivity contribution is -0.121. The monoisotopic (exact) mass is 442 g/mol. The van der Waals surface area contributed by atoms with Crippen molar-refractivity contribution in [2.75, 3.05) is 32.1 Å². The van der Waals surface area contributed by atoms with Gasteiger partial charge in [0.2, 0.25) is 5.91 Å². The van der Waals surface area contributed by atoms with Crippen molar-refractivity contribution in [2.45, 2.75) is 32.1 Å². The van der Waals surface area contributed by atoms with Gasteiger partial charge in [-0.1, -0.05) is 67.6 Å². The summed E-state index contributed by atoms with van der Waals surface area (Å²) in [6.45, 7) is 5.35. The Balaban J connectivity index is 1.31. The van der Waals surface area contributed by atoms with Gasteiger partial charge in [-0.25, -0.2) is 0 Å². The highest BCUT2D eigenvalue weighted by atomic mass is 16.5. The van der Waals surface area contributed by atoms with Crippen molar-refractivity contribution in [3.63, 3.8) is 0 Å². The van der Waals surface area contributed by atoms with Crippen LogP contribution in [0.25, 0.3) is 11.1 Å². The van der Waals surface area contributed by atoms with Crippen LogP contribution in [0.15, 0.2) is 78.9 Å². The van der Waals surface area contributed by atoms with E-state index in [0.29, 0.717) is 5.92 Å². The molecule has 1 heterocycles. The highest BCUT2D eigenvalue weighted by Gasteiger charge is 2.25.